The molecule has 3 rings (SSSR count). The normalized spacial score (nSPS) is 10.2. The average Bonchev–Trinajstić information content (AvgIpc) is 2.69. The highest BCUT2D eigenvalue weighted by atomic mass is 16.5. The largest absolute Gasteiger partial charge is 0.423 e. The van der Waals surface area contributed by atoms with Crippen LogP contribution in [0.3, 0.4) is 0 Å². The van der Waals surface area contributed by atoms with Crippen LogP contribution in [0.4, 0.5) is 5.69 Å². The zero-order chi connectivity index (χ0) is 18.4. The average molecular weight is 345 g/mol. The Bertz CT molecular complexity index is 902. The lowest BCUT2D eigenvalue weighted by Gasteiger charge is -2.08. The molecule has 0 spiro atoms. The van der Waals surface area contributed by atoms with Gasteiger partial charge in [0, 0.05) is 18.2 Å². The Kier molecular flexibility index (Phi) is 5.44. The number of nitrogens with one attached hydrogen (secondary N) is 1. The molecule has 0 bridgehead atoms. The van der Waals surface area contributed by atoms with Gasteiger partial charge >= 0.3 is 5.97 Å². The Labute approximate surface area is 152 Å². The van der Waals surface area contributed by atoms with Gasteiger partial charge in [-0.1, -0.05) is 55.5 Å². The molecule has 4 heteroatoms. The number of carbonyl (C=O) groups is 2. The molecule has 130 valence electrons. The van der Waals surface area contributed by atoms with E-state index in [2.05, 4.69) is 5.32 Å². The predicted octanol–water partition coefficient (Wildman–Crippen LogP) is 4.92. The van der Waals surface area contributed by atoms with Crippen molar-refractivity contribution < 1.29 is 14.3 Å². The van der Waals surface area contributed by atoms with Crippen LogP contribution in [0.5, 0.6) is 5.75 Å². The summed E-state index contributed by atoms with van der Waals surface area (Å²) >= 11 is 0. The van der Waals surface area contributed by atoms with E-state index >= 15 is 0 Å². The van der Waals surface area contributed by atoms with E-state index in [0.717, 1.165) is 11.1 Å². The standard InChI is InChI=1S/C22H19NO3/c1-2-21(24)23-19-9-6-10-20(15-19)26-22(25)18-13-11-17(12-14-18)16-7-4-3-5-8-16/h3-15H,2H2,1H3,(H,23,24). The number of anilines is 1. The van der Waals surface area contributed by atoms with Gasteiger partial charge in [0.15, 0.2) is 0 Å². The molecule has 0 heterocycles. The summed E-state index contributed by atoms with van der Waals surface area (Å²) in [5.41, 5.74) is 3.19. The number of carbonyl (C=O) groups excluding carboxylic acids is 2. The molecule has 4 nitrogen and oxygen atoms in total. The fourth-order valence-corrected chi connectivity index (χ4v) is 2.48. The fraction of sp³-hybridized carbons (Fsp3) is 0.0909. The molecule has 0 unspecified atom stereocenters. The van der Waals surface area contributed by atoms with E-state index in [1.807, 2.05) is 42.5 Å². The monoisotopic (exact) mass is 345 g/mol. The van der Waals surface area contributed by atoms with E-state index in [0.29, 0.717) is 23.4 Å². The Morgan fingerprint density at radius 3 is 2.23 bits per heavy atom. The lowest BCUT2D eigenvalue weighted by Crippen LogP contribution is -2.11. The molecule has 0 saturated carbocycles. The molecule has 3 aromatic rings. The number of hydrogen-bond acceptors (Lipinski definition) is 3. The SMILES string of the molecule is CCC(=O)Nc1cccc(OC(=O)c2ccc(-c3ccccc3)cc2)c1. The Morgan fingerprint density at radius 2 is 1.54 bits per heavy atom. The van der Waals surface area contributed by atoms with Gasteiger partial charge in [0.05, 0.1) is 5.56 Å². The quantitative estimate of drug-likeness (QED) is 0.527. The molecule has 1 N–H and O–H groups in total. The minimum absolute atomic E-state index is 0.0926. The summed E-state index contributed by atoms with van der Waals surface area (Å²) in [6.45, 7) is 1.78. The number of rotatable bonds is 5. The summed E-state index contributed by atoms with van der Waals surface area (Å²) in [7, 11) is 0. The number of amides is 1. The van der Waals surface area contributed by atoms with E-state index in [1.54, 1.807) is 43.3 Å². The van der Waals surface area contributed by atoms with Gasteiger partial charge in [-0.2, -0.15) is 0 Å². The van der Waals surface area contributed by atoms with Gasteiger partial charge in [0.1, 0.15) is 5.75 Å². The van der Waals surface area contributed by atoms with Crippen LogP contribution in [0.25, 0.3) is 11.1 Å². The van der Waals surface area contributed by atoms with Crippen molar-refractivity contribution in [3.8, 4) is 16.9 Å². The molecule has 0 atom stereocenters. The lowest BCUT2D eigenvalue weighted by molar-refractivity contribution is -0.115. The second-order valence-electron chi connectivity index (χ2n) is 5.76. The smallest absolute Gasteiger partial charge is 0.343 e. The third-order valence-corrected chi connectivity index (χ3v) is 3.88. The first-order chi connectivity index (χ1) is 12.7. The number of hydrogen-bond donors (Lipinski definition) is 1. The molecule has 0 radical (unpaired) electrons. The van der Waals surface area contributed by atoms with Gasteiger partial charge in [0.2, 0.25) is 5.91 Å². The maximum atomic E-state index is 12.3. The second-order valence-corrected chi connectivity index (χ2v) is 5.76. The van der Waals surface area contributed by atoms with E-state index in [-0.39, 0.29) is 5.91 Å². The summed E-state index contributed by atoms with van der Waals surface area (Å²) in [6.07, 6.45) is 0.387. The van der Waals surface area contributed by atoms with Gasteiger partial charge in [-0.3, -0.25) is 4.79 Å². The van der Waals surface area contributed by atoms with Crippen molar-refractivity contribution in [1.29, 1.82) is 0 Å². The van der Waals surface area contributed by atoms with Gasteiger partial charge in [0.25, 0.3) is 0 Å². The predicted molar refractivity (Wildman–Crippen MR) is 102 cm³/mol. The summed E-state index contributed by atoms with van der Waals surface area (Å²) < 4.78 is 5.41. The van der Waals surface area contributed by atoms with E-state index < -0.39 is 5.97 Å². The molecule has 0 aliphatic rings. The molecule has 26 heavy (non-hydrogen) atoms. The van der Waals surface area contributed by atoms with Gasteiger partial charge in [-0.05, 0) is 35.4 Å². The fourth-order valence-electron chi connectivity index (χ4n) is 2.48. The first kappa shape index (κ1) is 17.4. The molecule has 1 amide bonds. The Balaban J connectivity index is 1.70. The first-order valence-electron chi connectivity index (χ1n) is 8.43. The van der Waals surface area contributed by atoms with Crippen molar-refractivity contribution in [3.05, 3.63) is 84.4 Å². The maximum Gasteiger partial charge on any atom is 0.343 e. The zero-order valence-corrected chi connectivity index (χ0v) is 14.4. The minimum atomic E-state index is -0.441. The highest BCUT2D eigenvalue weighted by Crippen LogP contribution is 2.21. The van der Waals surface area contributed by atoms with Crippen molar-refractivity contribution in [3.63, 3.8) is 0 Å². The van der Waals surface area contributed by atoms with Gasteiger partial charge in [-0.15, -0.1) is 0 Å². The zero-order valence-electron chi connectivity index (χ0n) is 14.4. The molecular weight excluding hydrogens is 326 g/mol. The van der Waals surface area contributed by atoms with Crippen molar-refractivity contribution in [2.75, 3.05) is 5.32 Å². The molecule has 0 aliphatic carbocycles. The van der Waals surface area contributed by atoms with Crippen molar-refractivity contribution in [2.24, 2.45) is 0 Å². The summed E-state index contributed by atoms with van der Waals surface area (Å²) in [5, 5.41) is 2.74. The van der Waals surface area contributed by atoms with E-state index in [1.165, 1.54) is 0 Å². The lowest BCUT2D eigenvalue weighted by atomic mass is 10.0. The van der Waals surface area contributed by atoms with Crippen molar-refractivity contribution in [1.82, 2.24) is 0 Å². The van der Waals surface area contributed by atoms with E-state index in [4.69, 9.17) is 4.74 Å². The highest BCUT2D eigenvalue weighted by Gasteiger charge is 2.10. The number of ether oxygens (including phenoxy) is 1. The number of benzene rings is 3. The van der Waals surface area contributed by atoms with Crippen molar-refractivity contribution >= 4 is 17.6 Å². The van der Waals surface area contributed by atoms with Crippen LogP contribution in [-0.2, 0) is 4.79 Å². The summed E-state index contributed by atoms with van der Waals surface area (Å²) in [5.74, 6) is -0.149. The summed E-state index contributed by atoms with van der Waals surface area (Å²) in [6, 6.07) is 24.0. The van der Waals surface area contributed by atoms with Crippen LogP contribution in [0, 0.1) is 0 Å². The van der Waals surface area contributed by atoms with E-state index in [9.17, 15) is 9.59 Å². The van der Waals surface area contributed by atoms with Crippen LogP contribution in [-0.4, -0.2) is 11.9 Å². The second kappa shape index (κ2) is 8.12. The third kappa shape index (κ3) is 4.36. The molecular formula is C22H19NO3. The van der Waals surface area contributed by atoms with Gasteiger partial charge in [-0.25, -0.2) is 4.79 Å². The third-order valence-electron chi connectivity index (χ3n) is 3.88. The van der Waals surface area contributed by atoms with Gasteiger partial charge < -0.3 is 10.1 Å². The number of esters is 1. The van der Waals surface area contributed by atoms with Crippen LogP contribution in [0.1, 0.15) is 23.7 Å². The summed E-state index contributed by atoms with van der Waals surface area (Å²) in [4.78, 5) is 23.8. The van der Waals surface area contributed by atoms with Crippen LogP contribution in [0.2, 0.25) is 0 Å². The van der Waals surface area contributed by atoms with Crippen molar-refractivity contribution in [2.45, 2.75) is 13.3 Å². The molecule has 0 aromatic heterocycles. The molecule has 0 fully saturated rings. The Morgan fingerprint density at radius 1 is 0.846 bits per heavy atom. The minimum Gasteiger partial charge on any atom is -0.423 e. The van der Waals surface area contributed by atoms with Crippen LogP contribution < -0.4 is 10.1 Å². The molecule has 0 saturated heterocycles. The topological polar surface area (TPSA) is 55.4 Å². The van der Waals surface area contributed by atoms with Crippen LogP contribution >= 0.6 is 0 Å². The molecule has 0 aliphatic heterocycles. The van der Waals surface area contributed by atoms with Crippen LogP contribution in [0.15, 0.2) is 78.9 Å². The maximum absolute atomic E-state index is 12.3. The first-order valence-corrected chi connectivity index (χ1v) is 8.43. The molecule has 3 aromatic carbocycles. The Hall–Kier alpha value is -3.40. The highest BCUT2D eigenvalue weighted by molar-refractivity contribution is 5.93.